The van der Waals surface area contributed by atoms with Crippen LogP contribution in [0.2, 0.25) is 0 Å². The second-order valence-corrected chi connectivity index (χ2v) is 5.65. The molecule has 110 valence electrons. The predicted molar refractivity (Wildman–Crippen MR) is 85.4 cm³/mol. The molecule has 0 radical (unpaired) electrons. The van der Waals surface area contributed by atoms with E-state index < -0.39 is 0 Å². The summed E-state index contributed by atoms with van der Waals surface area (Å²) in [6.45, 7) is 5.49. The van der Waals surface area contributed by atoms with E-state index in [0.717, 1.165) is 38.4 Å². The Morgan fingerprint density at radius 2 is 1.86 bits per heavy atom. The molecule has 2 aromatic rings. The second-order valence-electron chi connectivity index (χ2n) is 5.65. The summed E-state index contributed by atoms with van der Waals surface area (Å²) >= 11 is 0. The molecule has 1 aliphatic heterocycles. The molecule has 1 aliphatic rings. The fraction of sp³-hybridized carbons (Fsp3) is 0.353. The fourth-order valence-electron chi connectivity index (χ4n) is 2.74. The van der Waals surface area contributed by atoms with Crippen LogP contribution in [-0.4, -0.2) is 42.0 Å². The molecule has 1 fully saturated rings. The average molecular weight is 283 g/mol. The Balaban J connectivity index is 1.49. The zero-order valence-corrected chi connectivity index (χ0v) is 12.6. The molecule has 2 heterocycles. The summed E-state index contributed by atoms with van der Waals surface area (Å²) in [5.41, 5.74) is 2.57. The van der Waals surface area contributed by atoms with Gasteiger partial charge in [0.2, 0.25) is 0 Å². The van der Waals surface area contributed by atoms with Gasteiger partial charge in [0.25, 0.3) is 0 Å². The highest BCUT2D eigenvalue weighted by atomic mass is 15.5. The van der Waals surface area contributed by atoms with E-state index in [1.54, 1.807) is 4.90 Å². The number of aromatic nitrogens is 1. The Kier molecular flexibility index (Phi) is 4.36. The van der Waals surface area contributed by atoms with Crippen LogP contribution in [0.1, 0.15) is 11.3 Å². The van der Waals surface area contributed by atoms with Crippen LogP contribution in [0.3, 0.4) is 0 Å². The third-order valence-electron chi connectivity index (χ3n) is 4.08. The van der Waals surface area contributed by atoms with Gasteiger partial charge in [0.15, 0.2) is 0 Å². The molecule has 3 rings (SSSR count). The number of hydrogen-bond donors (Lipinski definition) is 1. The van der Waals surface area contributed by atoms with Gasteiger partial charge in [0.05, 0.1) is 38.1 Å². The van der Waals surface area contributed by atoms with Gasteiger partial charge in [-0.05, 0) is 12.1 Å². The first-order valence-electron chi connectivity index (χ1n) is 7.59. The molecule has 0 amide bonds. The van der Waals surface area contributed by atoms with Crippen molar-refractivity contribution in [3.05, 3.63) is 59.9 Å². The predicted octanol–water partition coefficient (Wildman–Crippen LogP) is 0.760. The van der Waals surface area contributed by atoms with Crippen molar-refractivity contribution in [1.82, 2.24) is 9.58 Å². The molecule has 0 unspecified atom stereocenters. The maximum Gasteiger partial charge on any atom is 0.103 e. The number of quaternary nitrogens is 1. The molecule has 1 aromatic heterocycles. The van der Waals surface area contributed by atoms with Crippen molar-refractivity contribution in [2.75, 3.05) is 26.2 Å². The fourth-order valence-corrected chi connectivity index (χ4v) is 2.74. The summed E-state index contributed by atoms with van der Waals surface area (Å²) in [7, 11) is 2.04. The summed E-state index contributed by atoms with van der Waals surface area (Å²) in [6, 6.07) is 14.9. The smallest absolute Gasteiger partial charge is 0.103 e. The number of nitrogens with zero attached hydrogens (tertiary/aromatic N) is 3. The molecule has 0 bridgehead atoms. The van der Waals surface area contributed by atoms with E-state index in [2.05, 4.69) is 51.1 Å². The van der Waals surface area contributed by atoms with Crippen LogP contribution in [0.25, 0.3) is 0 Å². The van der Waals surface area contributed by atoms with Gasteiger partial charge in [-0.25, -0.2) is 0 Å². The van der Waals surface area contributed by atoms with E-state index >= 15 is 0 Å². The van der Waals surface area contributed by atoms with Gasteiger partial charge in [0, 0.05) is 18.8 Å². The zero-order valence-electron chi connectivity index (χ0n) is 12.6. The van der Waals surface area contributed by atoms with Crippen LogP contribution < -0.4 is 4.90 Å². The third-order valence-corrected chi connectivity index (χ3v) is 4.08. The number of benzene rings is 1. The first-order chi connectivity index (χ1) is 10.3. The number of hydrogen-bond acceptors (Lipinski definition) is 2. The van der Waals surface area contributed by atoms with Gasteiger partial charge < -0.3 is 9.47 Å². The Morgan fingerprint density at radius 1 is 1.10 bits per heavy atom. The lowest BCUT2D eigenvalue weighted by Gasteiger charge is -2.30. The summed E-state index contributed by atoms with van der Waals surface area (Å²) in [6.07, 6.45) is 4.01. The lowest BCUT2D eigenvalue weighted by molar-refractivity contribution is -0.918. The Labute approximate surface area is 126 Å². The van der Waals surface area contributed by atoms with Gasteiger partial charge in [-0.3, -0.25) is 5.01 Å². The minimum atomic E-state index is 1.03. The monoisotopic (exact) mass is 283 g/mol. The average Bonchev–Trinajstić information content (AvgIpc) is 2.93. The van der Waals surface area contributed by atoms with Crippen molar-refractivity contribution >= 4 is 6.21 Å². The van der Waals surface area contributed by atoms with Crippen LogP contribution in [0.4, 0.5) is 0 Å². The molecule has 4 heteroatoms. The third kappa shape index (κ3) is 3.73. The van der Waals surface area contributed by atoms with Crippen molar-refractivity contribution < 1.29 is 4.90 Å². The number of hydrazone groups is 1. The molecular weight excluding hydrogens is 260 g/mol. The van der Waals surface area contributed by atoms with Crippen LogP contribution in [-0.2, 0) is 13.6 Å². The topological polar surface area (TPSA) is 25.0 Å². The van der Waals surface area contributed by atoms with Gasteiger partial charge in [-0.15, -0.1) is 0 Å². The maximum absolute atomic E-state index is 4.60. The van der Waals surface area contributed by atoms with E-state index in [1.165, 1.54) is 5.56 Å². The van der Waals surface area contributed by atoms with Crippen molar-refractivity contribution in [2.24, 2.45) is 12.1 Å². The second kappa shape index (κ2) is 6.59. The van der Waals surface area contributed by atoms with Gasteiger partial charge >= 0.3 is 0 Å². The summed E-state index contributed by atoms with van der Waals surface area (Å²) in [4.78, 5) is 1.64. The molecule has 0 aliphatic carbocycles. The molecule has 0 atom stereocenters. The highest BCUT2D eigenvalue weighted by Crippen LogP contribution is 1.99. The lowest BCUT2D eigenvalue weighted by Crippen LogP contribution is -3.13. The van der Waals surface area contributed by atoms with Crippen LogP contribution in [0, 0.1) is 0 Å². The van der Waals surface area contributed by atoms with Gasteiger partial charge in [-0.1, -0.05) is 30.3 Å². The van der Waals surface area contributed by atoms with E-state index in [-0.39, 0.29) is 0 Å². The Bertz CT molecular complexity index is 580. The molecule has 1 N–H and O–H groups in total. The van der Waals surface area contributed by atoms with E-state index in [0.29, 0.717) is 0 Å². The molecule has 21 heavy (non-hydrogen) atoms. The first-order valence-corrected chi connectivity index (χ1v) is 7.59. The van der Waals surface area contributed by atoms with E-state index in [1.807, 2.05) is 25.5 Å². The lowest BCUT2D eigenvalue weighted by atomic mass is 10.2. The van der Waals surface area contributed by atoms with Crippen molar-refractivity contribution in [3.8, 4) is 0 Å². The SMILES string of the molecule is Cn1cccc1/C=N\N1CC[NH+](Cc2ccccc2)CC1. The number of rotatable bonds is 4. The molecule has 0 spiro atoms. The molecule has 1 saturated heterocycles. The number of aryl methyl sites for hydroxylation is 1. The zero-order chi connectivity index (χ0) is 14.5. The van der Waals surface area contributed by atoms with E-state index in [4.69, 9.17) is 0 Å². The normalized spacial score (nSPS) is 16.7. The molecule has 0 saturated carbocycles. The van der Waals surface area contributed by atoms with Crippen molar-refractivity contribution in [3.63, 3.8) is 0 Å². The summed E-state index contributed by atoms with van der Waals surface area (Å²) in [5, 5.41) is 6.78. The van der Waals surface area contributed by atoms with Gasteiger partial charge in [-0.2, -0.15) is 5.10 Å². The van der Waals surface area contributed by atoms with Crippen molar-refractivity contribution in [1.29, 1.82) is 0 Å². The van der Waals surface area contributed by atoms with Crippen LogP contribution in [0.5, 0.6) is 0 Å². The molecular formula is C17H23N4+. The quantitative estimate of drug-likeness (QED) is 0.824. The van der Waals surface area contributed by atoms with Crippen LogP contribution >= 0.6 is 0 Å². The minimum absolute atomic E-state index is 1.03. The standard InChI is InChI=1S/C17H22N4/c1-19-9-5-8-17(19)14-18-21-12-10-20(11-13-21)15-16-6-3-2-4-7-16/h2-9,14H,10-13,15H2,1H3/p+1/b18-14-. The number of piperazine rings is 1. The molecule has 1 aromatic carbocycles. The maximum atomic E-state index is 4.60. The summed E-state index contributed by atoms with van der Waals surface area (Å²) < 4.78 is 2.08. The number of nitrogens with one attached hydrogen (secondary N) is 1. The van der Waals surface area contributed by atoms with E-state index in [9.17, 15) is 0 Å². The minimum Gasteiger partial charge on any atom is -0.350 e. The van der Waals surface area contributed by atoms with Crippen LogP contribution in [0.15, 0.2) is 53.8 Å². The van der Waals surface area contributed by atoms with Crippen molar-refractivity contribution in [2.45, 2.75) is 6.54 Å². The largest absolute Gasteiger partial charge is 0.350 e. The summed E-state index contributed by atoms with van der Waals surface area (Å²) in [5.74, 6) is 0. The first kappa shape index (κ1) is 13.9. The Hall–Kier alpha value is -2.07. The Morgan fingerprint density at radius 3 is 2.52 bits per heavy atom. The van der Waals surface area contributed by atoms with Gasteiger partial charge in [0.1, 0.15) is 6.54 Å². The highest BCUT2D eigenvalue weighted by Gasteiger charge is 2.18. The highest BCUT2D eigenvalue weighted by molar-refractivity contribution is 5.77. The molecule has 4 nitrogen and oxygen atoms in total.